The van der Waals surface area contributed by atoms with Crippen molar-refractivity contribution in [2.24, 2.45) is 0 Å². The molecule has 1 unspecified atom stereocenters. The first kappa shape index (κ1) is 13.8. The predicted molar refractivity (Wildman–Crippen MR) is 49.2 cm³/mol. The van der Waals surface area contributed by atoms with Crippen molar-refractivity contribution in [3.63, 3.8) is 0 Å². The number of rotatable bonds is 4. The van der Waals surface area contributed by atoms with Gasteiger partial charge in [0.1, 0.15) is 0 Å². The van der Waals surface area contributed by atoms with Crippen LogP contribution in [0.25, 0.3) is 0 Å². The molecular formula is C9H12F3NO4. The minimum Gasteiger partial charge on any atom is -0.481 e. The van der Waals surface area contributed by atoms with E-state index in [4.69, 9.17) is 9.84 Å². The van der Waals surface area contributed by atoms with Gasteiger partial charge in [-0.2, -0.15) is 13.2 Å². The lowest BCUT2D eigenvalue weighted by molar-refractivity contribution is -0.176. The number of amides is 1. The molecule has 2 N–H and O–H groups in total. The van der Waals surface area contributed by atoms with Gasteiger partial charge in [-0.3, -0.25) is 9.59 Å². The zero-order chi connectivity index (χ0) is 13.1. The average Bonchev–Trinajstić information content (AvgIpc) is 2.63. The third kappa shape index (κ3) is 3.88. The topological polar surface area (TPSA) is 75.6 Å². The molecule has 0 aromatic heterocycles. The van der Waals surface area contributed by atoms with Crippen molar-refractivity contribution in [2.75, 3.05) is 13.2 Å². The SMILES string of the molecule is O=C(O)CCC1(NC(=O)C(F)(F)F)CCOC1. The predicted octanol–water partition coefficient (Wildman–Crippen LogP) is 0.689. The summed E-state index contributed by atoms with van der Waals surface area (Å²) in [5, 5.41) is 10.3. The molecule has 17 heavy (non-hydrogen) atoms. The van der Waals surface area contributed by atoms with E-state index in [9.17, 15) is 22.8 Å². The molecule has 1 amide bonds. The van der Waals surface area contributed by atoms with Gasteiger partial charge in [-0.25, -0.2) is 0 Å². The molecular weight excluding hydrogens is 243 g/mol. The van der Waals surface area contributed by atoms with E-state index in [1.54, 1.807) is 0 Å². The van der Waals surface area contributed by atoms with Crippen molar-refractivity contribution in [3.05, 3.63) is 0 Å². The Kier molecular flexibility index (Phi) is 3.97. The fourth-order valence-corrected chi connectivity index (χ4v) is 1.62. The number of halogens is 3. The van der Waals surface area contributed by atoms with E-state index in [1.807, 2.05) is 5.32 Å². The van der Waals surface area contributed by atoms with Crippen molar-refractivity contribution in [1.29, 1.82) is 0 Å². The third-order valence-electron chi connectivity index (χ3n) is 2.56. The van der Waals surface area contributed by atoms with E-state index < -0.39 is 23.6 Å². The molecule has 0 spiro atoms. The van der Waals surface area contributed by atoms with Crippen LogP contribution in [0.5, 0.6) is 0 Å². The monoisotopic (exact) mass is 255 g/mol. The minimum atomic E-state index is -4.97. The number of ether oxygens (including phenoxy) is 1. The number of carboxylic acid groups (broad SMARTS) is 1. The first-order valence-electron chi connectivity index (χ1n) is 4.94. The van der Waals surface area contributed by atoms with Crippen molar-refractivity contribution in [3.8, 4) is 0 Å². The van der Waals surface area contributed by atoms with Gasteiger partial charge in [-0.1, -0.05) is 0 Å². The molecule has 1 aliphatic rings. The van der Waals surface area contributed by atoms with Crippen LogP contribution in [0.2, 0.25) is 0 Å². The van der Waals surface area contributed by atoms with Gasteiger partial charge in [-0.15, -0.1) is 0 Å². The van der Waals surface area contributed by atoms with Gasteiger partial charge in [0.2, 0.25) is 0 Å². The Labute approximate surface area is 94.9 Å². The Bertz CT molecular complexity index is 310. The Morgan fingerprint density at radius 2 is 2.06 bits per heavy atom. The second-order valence-corrected chi connectivity index (χ2v) is 3.93. The zero-order valence-electron chi connectivity index (χ0n) is 8.84. The molecule has 0 radical (unpaired) electrons. The Balaban J connectivity index is 2.65. The van der Waals surface area contributed by atoms with E-state index in [0.29, 0.717) is 0 Å². The van der Waals surface area contributed by atoms with Crippen LogP contribution in [-0.2, 0) is 14.3 Å². The number of hydrogen-bond donors (Lipinski definition) is 2. The molecule has 0 aliphatic carbocycles. The quantitative estimate of drug-likeness (QED) is 0.775. The van der Waals surface area contributed by atoms with E-state index >= 15 is 0 Å². The number of hydrogen-bond acceptors (Lipinski definition) is 3. The largest absolute Gasteiger partial charge is 0.481 e. The van der Waals surface area contributed by atoms with E-state index in [-0.39, 0.29) is 32.5 Å². The molecule has 1 rings (SSSR count). The normalized spacial score (nSPS) is 24.6. The molecule has 1 fully saturated rings. The van der Waals surface area contributed by atoms with Crippen molar-refractivity contribution in [1.82, 2.24) is 5.32 Å². The van der Waals surface area contributed by atoms with Gasteiger partial charge in [0.05, 0.1) is 12.1 Å². The van der Waals surface area contributed by atoms with Crippen LogP contribution in [0.1, 0.15) is 19.3 Å². The summed E-state index contributed by atoms with van der Waals surface area (Å²) in [7, 11) is 0. The lowest BCUT2D eigenvalue weighted by Crippen LogP contribution is -2.53. The first-order chi connectivity index (χ1) is 7.75. The minimum absolute atomic E-state index is 0.0792. The van der Waals surface area contributed by atoms with Crippen LogP contribution in [-0.4, -0.2) is 41.9 Å². The highest BCUT2D eigenvalue weighted by atomic mass is 19.4. The van der Waals surface area contributed by atoms with E-state index in [0.717, 1.165) is 0 Å². The smallest absolute Gasteiger partial charge is 0.471 e. The number of aliphatic carboxylic acids is 1. The molecule has 1 saturated heterocycles. The highest BCUT2D eigenvalue weighted by Crippen LogP contribution is 2.26. The van der Waals surface area contributed by atoms with Crippen molar-refractivity contribution >= 4 is 11.9 Å². The van der Waals surface area contributed by atoms with Gasteiger partial charge in [0.25, 0.3) is 0 Å². The Morgan fingerprint density at radius 1 is 1.41 bits per heavy atom. The molecule has 0 saturated carbocycles. The highest BCUT2D eigenvalue weighted by Gasteiger charge is 2.45. The van der Waals surface area contributed by atoms with Crippen LogP contribution in [0.3, 0.4) is 0 Å². The van der Waals surface area contributed by atoms with Gasteiger partial charge >= 0.3 is 18.1 Å². The Morgan fingerprint density at radius 3 is 2.47 bits per heavy atom. The maximum Gasteiger partial charge on any atom is 0.471 e. The van der Waals surface area contributed by atoms with Gasteiger partial charge in [-0.05, 0) is 12.8 Å². The number of carbonyl (C=O) groups is 2. The summed E-state index contributed by atoms with van der Waals surface area (Å²) in [5.74, 6) is -3.19. The molecule has 1 heterocycles. The zero-order valence-corrected chi connectivity index (χ0v) is 8.84. The maximum atomic E-state index is 12.1. The van der Waals surface area contributed by atoms with Gasteiger partial charge < -0.3 is 15.2 Å². The van der Waals surface area contributed by atoms with Crippen LogP contribution in [0.15, 0.2) is 0 Å². The summed E-state index contributed by atoms with van der Waals surface area (Å²) in [6.45, 7) is 0.111. The van der Waals surface area contributed by atoms with Crippen LogP contribution >= 0.6 is 0 Å². The van der Waals surface area contributed by atoms with Crippen molar-refractivity contribution < 1.29 is 32.6 Å². The molecule has 8 heteroatoms. The number of nitrogens with one attached hydrogen (secondary N) is 1. The van der Waals surface area contributed by atoms with E-state index in [2.05, 4.69) is 0 Å². The second kappa shape index (κ2) is 4.91. The lowest BCUT2D eigenvalue weighted by Gasteiger charge is -2.28. The number of carboxylic acids is 1. The highest BCUT2D eigenvalue weighted by molar-refractivity contribution is 5.82. The average molecular weight is 255 g/mol. The lowest BCUT2D eigenvalue weighted by atomic mass is 9.92. The first-order valence-corrected chi connectivity index (χ1v) is 4.94. The van der Waals surface area contributed by atoms with Crippen molar-refractivity contribution in [2.45, 2.75) is 31.0 Å². The second-order valence-electron chi connectivity index (χ2n) is 3.93. The summed E-state index contributed by atoms with van der Waals surface area (Å²) in [4.78, 5) is 21.2. The fourth-order valence-electron chi connectivity index (χ4n) is 1.62. The summed E-state index contributed by atoms with van der Waals surface area (Å²) >= 11 is 0. The summed E-state index contributed by atoms with van der Waals surface area (Å²) in [6.07, 6.45) is -5.19. The molecule has 98 valence electrons. The summed E-state index contributed by atoms with van der Waals surface area (Å²) < 4.78 is 41.2. The fraction of sp³-hybridized carbons (Fsp3) is 0.778. The molecule has 0 aromatic carbocycles. The van der Waals surface area contributed by atoms with Gasteiger partial charge in [0.15, 0.2) is 0 Å². The molecule has 5 nitrogen and oxygen atoms in total. The maximum absolute atomic E-state index is 12.1. The van der Waals surface area contributed by atoms with E-state index in [1.165, 1.54) is 0 Å². The molecule has 0 bridgehead atoms. The summed E-state index contributed by atoms with van der Waals surface area (Å²) in [5.41, 5.74) is -1.22. The van der Waals surface area contributed by atoms with Crippen LogP contribution < -0.4 is 5.32 Å². The van der Waals surface area contributed by atoms with Crippen LogP contribution in [0, 0.1) is 0 Å². The molecule has 0 aromatic rings. The molecule has 1 aliphatic heterocycles. The van der Waals surface area contributed by atoms with Gasteiger partial charge in [0, 0.05) is 13.0 Å². The summed E-state index contributed by atoms with van der Waals surface area (Å²) in [6, 6.07) is 0. The standard InChI is InChI=1S/C9H12F3NO4/c10-9(11,12)7(16)13-8(2-1-6(14)15)3-4-17-5-8/h1-5H2,(H,13,16)(H,14,15). The number of alkyl halides is 3. The molecule has 1 atom stereocenters. The third-order valence-corrected chi connectivity index (χ3v) is 2.56. The number of carbonyl (C=O) groups excluding carboxylic acids is 1. The van der Waals surface area contributed by atoms with Crippen LogP contribution in [0.4, 0.5) is 13.2 Å². The Hall–Kier alpha value is -1.31.